The van der Waals surface area contributed by atoms with Crippen molar-refractivity contribution in [3.05, 3.63) is 40.4 Å². The Balaban J connectivity index is 1.58. The van der Waals surface area contributed by atoms with Gasteiger partial charge >= 0.3 is 6.09 Å². The van der Waals surface area contributed by atoms with E-state index in [0.29, 0.717) is 42.8 Å². The van der Waals surface area contributed by atoms with Gasteiger partial charge in [-0.05, 0) is 39.8 Å². The van der Waals surface area contributed by atoms with Gasteiger partial charge in [-0.3, -0.25) is 9.59 Å². The quantitative estimate of drug-likeness (QED) is 0.853. The lowest BCUT2D eigenvalue weighted by atomic mass is 10.1. The van der Waals surface area contributed by atoms with Crippen molar-refractivity contribution in [3.8, 4) is 0 Å². The largest absolute Gasteiger partial charge is 0.444 e. The predicted octanol–water partition coefficient (Wildman–Crippen LogP) is 2.32. The van der Waals surface area contributed by atoms with Crippen LogP contribution in [0.5, 0.6) is 0 Å². The van der Waals surface area contributed by atoms with E-state index < -0.39 is 5.60 Å². The van der Waals surface area contributed by atoms with Crippen molar-refractivity contribution in [1.29, 1.82) is 0 Å². The summed E-state index contributed by atoms with van der Waals surface area (Å²) < 4.78 is 5.41. The van der Waals surface area contributed by atoms with Gasteiger partial charge in [0.15, 0.2) is 0 Å². The van der Waals surface area contributed by atoms with E-state index >= 15 is 0 Å². The zero-order valence-electron chi connectivity index (χ0n) is 17.4. The molecule has 0 saturated carbocycles. The zero-order chi connectivity index (χ0) is 21.2. The molecule has 3 rings (SSSR count). The lowest BCUT2D eigenvalue weighted by Gasteiger charge is -2.40. The monoisotopic (exact) mass is 400 g/mol. The number of para-hydroxylation sites is 1. The lowest BCUT2D eigenvalue weighted by molar-refractivity contribution is -0.135. The molecule has 29 heavy (non-hydrogen) atoms. The average Bonchev–Trinajstić information content (AvgIpc) is 2.64. The van der Waals surface area contributed by atoms with Gasteiger partial charge in [0.1, 0.15) is 11.4 Å². The summed E-state index contributed by atoms with van der Waals surface area (Å²) in [5.74, 6) is 0.485. The molecule has 8 heteroatoms. The molecule has 1 atom stereocenters. The number of amides is 2. The van der Waals surface area contributed by atoms with Crippen LogP contribution in [0.25, 0.3) is 10.9 Å². The van der Waals surface area contributed by atoms with Gasteiger partial charge in [0.05, 0.1) is 10.9 Å². The Bertz CT molecular complexity index is 963. The summed E-state index contributed by atoms with van der Waals surface area (Å²) in [6.45, 7) is 8.75. The fourth-order valence-corrected chi connectivity index (χ4v) is 3.44. The highest BCUT2D eigenvalue weighted by atomic mass is 16.6. The average molecular weight is 400 g/mol. The normalized spacial score (nSPS) is 17.4. The molecule has 2 aromatic rings. The van der Waals surface area contributed by atoms with E-state index in [4.69, 9.17) is 4.74 Å². The summed E-state index contributed by atoms with van der Waals surface area (Å²) in [6, 6.07) is 7.03. The van der Waals surface area contributed by atoms with Gasteiger partial charge in [0.25, 0.3) is 5.56 Å². The number of carbonyl (C=O) groups excluding carboxylic acids is 2. The highest BCUT2D eigenvalue weighted by molar-refractivity contribution is 5.78. The molecular formula is C21H28N4O4. The number of aromatic amines is 1. The van der Waals surface area contributed by atoms with E-state index in [0.717, 1.165) is 0 Å². The number of aromatic nitrogens is 2. The number of benzene rings is 1. The molecular weight excluding hydrogens is 372 g/mol. The van der Waals surface area contributed by atoms with Gasteiger partial charge in [-0.2, -0.15) is 0 Å². The molecule has 0 radical (unpaired) electrons. The number of aryl methyl sites for hydroxylation is 1. The van der Waals surface area contributed by atoms with Gasteiger partial charge in [-0.25, -0.2) is 9.78 Å². The van der Waals surface area contributed by atoms with Crippen LogP contribution in [0.2, 0.25) is 0 Å². The molecule has 1 fully saturated rings. The molecule has 1 saturated heterocycles. The Kier molecular flexibility index (Phi) is 5.91. The molecule has 0 unspecified atom stereocenters. The van der Waals surface area contributed by atoms with Crippen LogP contribution in [-0.2, 0) is 16.0 Å². The number of rotatable bonds is 3. The molecule has 0 bridgehead atoms. The van der Waals surface area contributed by atoms with Crippen LogP contribution in [0.3, 0.4) is 0 Å². The molecule has 1 aromatic heterocycles. The van der Waals surface area contributed by atoms with E-state index in [9.17, 15) is 14.4 Å². The maximum absolute atomic E-state index is 12.7. The van der Waals surface area contributed by atoms with E-state index in [1.165, 1.54) is 0 Å². The summed E-state index contributed by atoms with van der Waals surface area (Å²) in [5, 5.41) is 0.537. The fourth-order valence-electron chi connectivity index (χ4n) is 3.44. The summed E-state index contributed by atoms with van der Waals surface area (Å²) in [4.78, 5) is 47.7. The summed E-state index contributed by atoms with van der Waals surface area (Å²) in [7, 11) is 0. The Labute approximate surface area is 169 Å². The molecule has 8 nitrogen and oxygen atoms in total. The number of H-pyrrole nitrogens is 1. The first-order valence-corrected chi connectivity index (χ1v) is 9.89. The minimum Gasteiger partial charge on any atom is -0.444 e. The van der Waals surface area contributed by atoms with Crippen LogP contribution >= 0.6 is 0 Å². The molecule has 1 aromatic carbocycles. The van der Waals surface area contributed by atoms with Crippen molar-refractivity contribution in [2.24, 2.45) is 0 Å². The highest BCUT2D eigenvalue weighted by Gasteiger charge is 2.31. The van der Waals surface area contributed by atoms with Crippen LogP contribution in [0.15, 0.2) is 29.1 Å². The van der Waals surface area contributed by atoms with Crippen molar-refractivity contribution in [2.45, 2.75) is 52.2 Å². The number of nitrogens with one attached hydrogen (secondary N) is 1. The SMILES string of the molecule is C[C@@H]1CN(C(=O)OC(C)(C)C)CCN1C(=O)CCc1nc2ccccc2c(=O)[nH]1. The standard InChI is InChI=1S/C21H28N4O4/c1-14-13-24(20(28)29-21(2,3)4)11-12-25(14)18(26)10-9-17-22-16-8-6-5-7-15(16)19(27)23-17/h5-8,14H,9-13H2,1-4H3,(H,22,23,27)/t14-/m1/s1. The van der Waals surface area contributed by atoms with Gasteiger partial charge in [0, 0.05) is 38.5 Å². The fraction of sp³-hybridized carbons (Fsp3) is 0.524. The minimum atomic E-state index is -0.545. The number of carbonyl (C=O) groups is 2. The molecule has 1 aliphatic rings. The van der Waals surface area contributed by atoms with E-state index in [1.54, 1.807) is 28.0 Å². The third kappa shape index (κ3) is 5.13. The van der Waals surface area contributed by atoms with E-state index in [2.05, 4.69) is 9.97 Å². The summed E-state index contributed by atoms with van der Waals surface area (Å²) in [6.07, 6.45) is 0.255. The van der Waals surface area contributed by atoms with Crippen LogP contribution in [0.1, 0.15) is 39.9 Å². The molecule has 0 aliphatic carbocycles. The Morgan fingerprint density at radius 1 is 1.24 bits per heavy atom. The van der Waals surface area contributed by atoms with Crippen molar-refractivity contribution < 1.29 is 14.3 Å². The number of fused-ring (bicyclic) bond motifs is 1. The molecule has 156 valence electrons. The second-order valence-corrected chi connectivity index (χ2v) is 8.39. The van der Waals surface area contributed by atoms with Crippen molar-refractivity contribution in [3.63, 3.8) is 0 Å². The van der Waals surface area contributed by atoms with Crippen LogP contribution in [-0.4, -0.2) is 63.0 Å². The number of nitrogens with zero attached hydrogens (tertiary/aromatic N) is 3. The second kappa shape index (κ2) is 8.23. The van der Waals surface area contributed by atoms with Gasteiger partial charge in [-0.15, -0.1) is 0 Å². The van der Waals surface area contributed by atoms with Crippen molar-refractivity contribution in [2.75, 3.05) is 19.6 Å². The van der Waals surface area contributed by atoms with Crippen LogP contribution in [0, 0.1) is 0 Å². The van der Waals surface area contributed by atoms with Gasteiger partial charge in [0.2, 0.25) is 5.91 Å². The number of piperazine rings is 1. The topological polar surface area (TPSA) is 95.6 Å². The van der Waals surface area contributed by atoms with E-state index in [-0.39, 0.29) is 30.0 Å². The van der Waals surface area contributed by atoms with E-state index in [1.807, 2.05) is 33.8 Å². The first-order valence-electron chi connectivity index (χ1n) is 9.89. The first kappa shape index (κ1) is 20.8. The summed E-state index contributed by atoms with van der Waals surface area (Å²) >= 11 is 0. The van der Waals surface area contributed by atoms with Crippen LogP contribution in [0.4, 0.5) is 4.79 Å². The third-order valence-electron chi connectivity index (χ3n) is 4.84. The molecule has 1 aliphatic heterocycles. The second-order valence-electron chi connectivity index (χ2n) is 8.39. The molecule has 2 amide bonds. The third-order valence-corrected chi connectivity index (χ3v) is 4.84. The highest BCUT2D eigenvalue weighted by Crippen LogP contribution is 2.16. The first-order chi connectivity index (χ1) is 13.6. The zero-order valence-corrected chi connectivity index (χ0v) is 17.4. The molecule has 0 spiro atoms. The smallest absolute Gasteiger partial charge is 0.410 e. The Hall–Kier alpha value is -2.90. The number of ether oxygens (including phenoxy) is 1. The van der Waals surface area contributed by atoms with Crippen molar-refractivity contribution in [1.82, 2.24) is 19.8 Å². The summed E-state index contributed by atoms with van der Waals surface area (Å²) in [5.41, 5.74) is -0.118. The number of hydrogen-bond acceptors (Lipinski definition) is 5. The molecule has 1 N–H and O–H groups in total. The molecule has 2 heterocycles. The minimum absolute atomic E-state index is 0.0165. The number of hydrogen-bond donors (Lipinski definition) is 1. The van der Waals surface area contributed by atoms with Crippen LogP contribution < -0.4 is 5.56 Å². The Morgan fingerprint density at radius 3 is 2.66 bits per heavy atom. The maximum atomic E-state index is 12.7. The van der Waals surface area contributed by atoms with Crippen molar-refractivity contribution >= 4 is 22.9 Å². The lowest BCUT2D eigenvalue weighted by Crippen LogP contribution is -2.56. The van der Waals surface area contributed by atoms with Gasteiger partial charge in [-0.1, -0.05) is 12.1 Å². The Morgan fingerprint density at radius 2 is 1.97 bits per heavy atom. The maximum Gasteiger partial charge on any atom is 0.410 e. The van der Waals surface area contributed by atoms with Gasteiger partial charge < -0.3 is 19.5 Å². The predicted molar refractivity (Wildman–Crippen MR) is 110 cm³/mol.